The van der Waals surface area contributed by atoms with E-state index in [0.717, 1.165) is 11.1 Å². The summed E-state index contributed by atoms with van der Waals surface area (Å²) in [6, 6.07) is 5.94. The van der Waals surface area contributed by atoms with E-state index in [2.05, 4.69) is 4.99 Å². The summed E-state index contributed by atoms with van der Waals surface area (Å²) in [5.41, 5.74) is 3.22. The van der Waals surface area contributed by atoms with E-state index in [-0.39, 0.29) is 5.84 Å². The number of nitrogens with one attached hydrogen (secondary N) is 1. The summed E-state index contributed by atoms with van der Waals surface area (Å²) in [6.45, 7) is 4.06. The highest BCUT2D eigenvalue weighted by atomic mass is 35.6. The molecule has 0 aliphatic rings. The minimum atomic E-state index is -1.82. The lowest BCUT2D eigenvalue weighted by atomic mass is 10.1. The fourth-order valence-electron chi connectivity index (χ4n) is 1.47. The molecule has 0 aliphatic carbocycles. The second kappa shape index (κ2) is 6.12. The highest BCUT2D eigenvalue weighted by Gasteiger charge is 2.27. The molecule has 1 rings (SSSR count). The molecule has 1 N–H and O–H groups in total. The summed E-state index contributed by atoms with van der Waals surface area (Å²) < 4.78 is -1.82. The normalized spacial score (nSPS) is 12.5. The van der Waals surface area contributed by atoms with Crippen LogP contribution in [0.15, 0.2) is 23.2 Å². The maximum absolute atomic E-state index is 7.70. The highest BCUT2D eigenvalue weighted by Crippen LogP contribution is 2.28. The third kappa shape index (κ3) is 4.37. The summed E-state index contributed by atoms with van der Waals surface area (Å²) in [5, 5.41) is 7.70. The Kier molecular flexibility index (Phi) is 5.25. The average Bonchev–Trinajstić information content (AvgIpc) is 2.27. The summed E-state index contributed by atoms with van der Waals surface area (Å²) in [5.74, 6) is 0.277. The quantitative estimate of drug-likeness (QED) is 0.475. The van der Waals surface area contributed by atoms with E-state index < -0.39 is 3.79 Å². The maximum atomic E-state index is 7.70. The van der Waals surface area contributed by atoms with Crippen molar-refractivity contribution in [1.29, 1.82) is 5.41 Å². The first kappa shape index (κ1) is 16.3. The Morgan fingerprint density at radius 3 is 2.16 bits per heavy atom. The molecule has 0 spiro atoms. The number of hydrogen-bond donors (Lipinski definition) is 1. The largest absolute Gasteiger partial charge is 0.362 e. The number of alkyl halides is 3. The fourth-order valence-corrected chi connectivity index (χ4v) is 1.60. The molecule has 0 fully saturated rings. The van der Waals surface area contributed by atoms with Gasteiger partial charge >= 0.3 is 0 Å². The molecule has 1 aromatic rings. The van der Waals surface area contributed by atoms with Crippen molar-refractivity contribution in [3.63, 3.8) is 0 Å². The minimum Gasteiger partial charge on any atom is -0.362 e. The lowest BCUT2D eigenvalue weighted by Gasteiger charge is -2.18. The zero-order chi connectivity index (χ0) is 14.8. The van der Waals surface area contributed by atoms with Crippen LogP contribution in [0.4, 0.5) is 0 Å². The molecule has 0 unspecified atom stereocenters. The number of aliphatic imine (C=N–C) groups is 1. The summed E-state index contributed by atoms with van der Waals surface area (Å²) in [6.07, 6.45) is 0. The van der Waals surface area contributed by atoms with Gasteiger partial charge in [0.2, 0.25) is 3.79 Å². The van der Waals surface area contributed by atoms with Crippen LogP contribution in [0.2, 0.25) is 0 Å². The van der Waals surface area contributed by atoms with Crippen LogP contribution in [0.5, 0.6) is 0 Å². The molecule has 0 aromatic heterocycles. The summed E-state index contributed by atoms with van der Waals surface area (Å²) >= 11 is 17.0. The number of rotatable bonds is 1. The molecule has 19 heavy (non-hydrogen) atoms. The first-order chi connectivity index (χ1) is 8.62. The van der Waals surface area contributed by atoms with Crippen LogP contribution < -0.4 is 0 Å². The van der Waals surface area contributed by atoms with Gasteiger partial charge in [-0.3, -0.25) is 5.41 Å². The zero-order valence-corrected chi connectivity index (χ0v) is 13.5. The Morgan fingerprint density at radius 2 is 1.74 bits per heavy atom. The van der Waals surface area contributed by atoms with Crippen LogP contribution in [0.1, 0.15) is 16.7 Å². The van der Waals surface area contributed by atoms with E-state index in [1.807, 2.05) is 46.1 Å². The van der Waals surface area contributed by atoms with Crippen molar-refractivity contribution in [2.45, 2.75) is 17.6 Å². The van der Waals surface area contributed by atoms with Crippen molar-refractivity contribution in [2.24, 2.45) is 4.99 Å². The Morgan fingerprint density at radius 1 is 1.16 bits per heavy atom. The first-order valence-electron chi connectivity index (χ1n) is 5.62. The average molecular weight is 321 g/mol. The predicted octanol–water partition coefficient (Wildman–Crippen LogP) is 3.96. The zero-order valence-electron chi connectivity index (χ0n) is 11.3. The molecule has 3 nitrogen and oxygen atoms in total. The Bertz CT molecular complexity index is 516. The molecule has 1 aromatic carbocycles. The van der Waals surface area contributed by atoms with Gasteiger partial charge in [0.05, 0.1) is 0 Å². The van der Waals surface area contributed by atoms with Crippen LogP contribution in [-0.2, 0) is 0 Å². The smallest absolute Gasteiger partial charge is 0.249 e. The van der Waals surface area contributed by atoms with Gasteiger partial charge in [-0.15, -0.1) is 0 Å². The van der Waals surface area contributed by atoms with Crippen LogP contribution in [-0.4, -0.2) is 34.5 Å². The first-order valence-corrected chi connectivity index (χ1v) is 6.75. The van der Waals surface area contributed by atoms with Gasteiger partial charge in [0.25, 0.3) is 0 Å². The van der Waals surface area contributed by atoms with Gasteiger partial charge in [0.15, 0.2) is 5.84 Å². The van der Waals surface area contributed by atoms with Gasteiger partial charge in [-0.2, -0.15) is 0 Å². The molecule has 0 atom stereocenters. The molecule has 0 amide bonds. The van der Waals surface area contributed by atoms with Gasteiger partial charge in [-0.1, -0.05) is 46.9 Å². The van der Waals surface area contributed by atoms with Gasteiger partial charge in [0, 0.05) is 19.7 Å². The van der Waals surface area contributed by atoms with Crippen LogP contribution in [0.25, 0.3) is 0 Å². The van der Waals surface area contributed by atoms with Crippen molar-refractivity contribution in [3.8, 4) is 0 Å². The fraction of sp³-hybridized carbons (Fsp3) is 0.385. The van der Waals surface area contributed by atoms with Gasteiger partial charge in [0.1, 0.15) is 5.84 Å². The van der Waals surface area contributed by atoms with E-state index >= 15 is 0 Å². The molecule has 0 saturated carbocycles. The molecule has 104 valence electrons. The Balaban J connectivity index is 3.25. The molecule has 0 bridgehead atoms. The standard InChI is InChI=1S/C13H16Cl3N3/c1-8-5-6-10(7-9(8)2)11(19(3)4)18-12(17)13(14,15)16/h5-7,17H,1-4H3. The van der Waals surface area contributed by atoms with E-state index in [1.54, 1.807) is 4.90 Å². The molecule has 0 heterocycles. The lowest BCUT2D eigenvalue weighted by Crippen LogP contribution is -2.27. The summed E-state index contributed by atoms with van der Waals surface area (Å²) in [4.78, 5) is 5.91. The SMILES string of the molecule is Cc1ccc(C(=NC(=N)C(Cl)(Cl)Cl)N(C)C)cc1C. The molecular weight excluding hydrogens is 305 g/mol. The molecular formula is C13H16Cl3N3. The second-order valence-corrected chi connectivity index (χ2v) is 6.76. The number of nitrogens with zero attached hydrogens (tertiary/aromatic N) is 2. The number of amidine groups is 2. The maximum Gasteiger partial charge on any atom is 0.249 e. The van der Waals surface area contributed by atoms with Gasteiger partial charge in [-0.05, 0) is 31.0 Å². The van der Waals surface area contributed by atoms with Crippen molar-refractivity contribution in [1.82, 2.24) is 4.90 Å². The number of benzene rings is 1. The Hall–Kier alpha value is -0.770. The van der Waals surface area contributed by atoms with E-state index in [9.17, 15) is 0 Å². The van der Waals surface area contributed by atoms with Crippen LogP contribution >= 0.6 is 34.8 Å². The molecule has 0 saturated heterocycles. The number of hydrogen-bond acceptors (Lipinski definition) is 1. The van der Waals surface area contributed by atoms with Gasteiger partial charge in [-0.25, -0.2) is 4.99 Å². The predicted molar refractivity (Wildman–Crippen MR) is 84.2 cm³/mol. The summed E-state index contributed by atoms with van der Waals surface area (Å²) in [7, 11) is 3.67. The Labute approximate surface area is 128 Å². The minimum absolute atomic E-state index is 0.306. The van der Waals surface area contributed by atoms with Crippen LogP contribution in [0.3, 0.4) is 0 Å². The third-order valence-corrected chi connectivity index (χ3v) is 3.21. The third-order valence-electron chi connectivity index (χ3n) is 2.67. The topological polar surface area (TPSA) is 39.5 Å². The molecule has 0 aliphatic heterocycles. The highest BCUT2D eigenvalue weighted by molar-refractivity contribution is 6.76. The number of aryl methyl sites for hydroxylation is 2. The molecule has 0 radical (unpaired) electrons. The van der Waals surface area contributed by atoms with Crippen molar-refractivity contribution < 1.29 is 0 Å². The molecule has 6 heteroatoms. The number of halogens is 3. The van der Waals surface area contributed by atoms with E-state index in [0.29, 0.717) is 5.84 Å². The lowest BCUT2D eigenvalue weighted by molar-refractivity contribution is 0.624. The second-order valence-electron chi connectivity index (χ2n) is 4.48. The van der Waals surface area contributed by atoms with Gasteiger partial charge < -0.3 is 4.90 Å². The monoisotopic (exact) mass is 319 g/mol. The van der Waals surface area contributed by atoms with Crippen molar-refractivity contribution in [3.05, 3.63) is 34.9 Å². The van der Waals surface area contributed by atoms with Crippen LogP contribution in [0, 0.1) is 19.3 Å². The van der Waals surface area contributed by atoms with Crippen molar-refractivity contribution in [2.75, 3.05) is 14.1 Å². The van der Waals surface area contributed by atoms with E-state index in [4.69, 9.17) is 40.2 Å². The van der Waals surface area contributed by atoms with Crippen molar-refractivity contribution >= 4 is 46.5 Å². The van der Waals surface area contributed by atoms with E-state index in [1.165, 1.54) is 5.56 Å².